The summed E-state index contributed by atoms with van der Waals surface area (Å²) in [4.78, 5) is 19.3. The van der Waals surface area contributed by atoms with Crippen LogP contribution >= 0.6 is 11.6 Å². The Morgan fingerprint density at radius 3 is 2.92 bits per heavy atom. The van der Waals surface area contributed by atoms with Gasteiger partial charge in [0, 0.05) is 22.5 Å². The fourth-order valence-electron chi connectivity index (χ4n) is 3.05. The van der Waals surface area contributed by atoms with Gasteiger partial charge in [-0.1, -0.05) is 17.7 Å². The van der Waals surface area contributed by atoms with Crippen LogP contribution in [0.25, 0.3) is 10.9 Å². The van der Waals surface area contributed by atoms with Crippen LogP contribution in [0.15, 0.2) is 48.5 Å². The van der Waals surface area contributed by atoms with E-state index in [1.54, 1.807) is 24.1 Å². The number of aromatic nitrogens is 1. The molecule has 1 aliphatic heterocycles. The van der Waals surface area contributed by atoms with Gasteiger partial charge in [0.15, 0.2) is 0 Å². The minimum absolute atomic E-state index is 0.0616. The van der Waals surface area contributed by atoms with Crippen molar-refractivity contribution >= 4 is 34.2 Å². The molecule has 0 fully saturated rings. The molecule has 0 aliphatic carbocycles. The Bertz CT molecular complexity index is 955. The number of benzene rings is 2. The van der Waals surface area contributed by atoms with Crippen LogP contribution in [0.5, 0.6) is 5.75 Å². The maximum absolute atomic E-state index is 12.9. The van der Waals surface area contributed by atoms with Gasteiger partial charge in [0.05, 0.1) is 12.6 Å². The molecule has 1 amide bonds. The summed E-state index contributed by atoms with van der Waals surface area (Å²) in [7, 11) is 1.59. The van der Waals surface area contributed by atoms with Crippen molar-refractivity contribution in [2.24, 2.45) is 0 Å². The Balaban J connectivity index is 1.75. The smallest absolute Gasteiger partial charge is 0.259 e. The molecule has 0 atom stereocenters. The van der Waals surface area contributed by atoms with Gasteiger partial charge in [-0.2, -0.15) is 0 Å². The standard InChI is InChI=1S/C19H15ClN2O2/c1-24-16-4-2-3-13(11-16)19(23)22-8-7-12-9-14-10-15(20)5-6-17(14)21-18(12)22/h2-6,9-11H,7-8H2,1H3. The van der Waals surface area contributed by atoms with Crippen molar-refractivity contribution in [3.05, 3.63) is 64.7 Å². The highest BCUT2D eigenvalue weighted by molar-refractivity contribution is 6.31. The second kappa shape index (κ2) is 5.80. The number of hydrogen-bond acceptors (Lipinski definition) is 3. The first kappa shape index (κ1) is 15.0. The zero-order valence-corrected chi connectivity index (χ0v) is 13.9. The van der Waals surface area contributed by atoms with E-state index in [1.165, 1.54) is 0 Å². The van der Waals surface area contributed by atoms with E-state index in [0.717, 1.165) is 28.7 Å². The molecule has 2 heterocycles. The number of amides is 1. The molecule has 4 rings (SSSR count). The lowest BCUT2D eigenvalue weighted by Crippen LogP contribution is -2.29. The Morgan fingerprint density at radius 1 is 1.21 bits per heavy atom. The number of nitrogens with zero attached hydrogens (tertiary/aromatic N) is 2. The fraction of sp³-hybridized carbons (Fsp3) is 0.158. The van der Waals surface area contributed by atoms with E-state index in [4.69, 9.17) is 16.3 Å². The number of halogens is 1. The number of methoxy groups -OCH3 is 1. The molecule has 2 aromatic carbocycles. The van der Waals surface area contributed by atoms with E-state index in [2.05, 4.69) is 11.1 Å². The van der Waals surface area contributed by atoms with Crippen molar-refractivity contribution in [1.82, 2.24) is 4.98 Å². The molecule has 3 aromatic rings. The zero-order chi connectivity index (χ0) is 16.7. The van der Waals surface area contributed by atoms with Crippen LogP contribution < -0.4 is 9.64 Å². The third-order valence-corrected chi connectivity index (χ3v) is 4.49. The van der Waals surface area contributed by atoms with Crippen LogP contribution in [0.4, 0.5) is 5.82 Å². The topological polar surface area (TPSA) is 42.4 Å². The number of ether oxygens (including phenoxy) is 1. The second-order valence-electron chi connectivity index (χ2n) is 5.75. The van der Waals surface area contributed by atoms with Gasteiger partial charge in [-0.3, -0.25) is 9.69 Å². The third-order valence-electron chi connectivity index (χ3n) is 4.26. The summed E-state index contributed by atoms with van der Waals surface area (Å²) < 4.78 is 5.21. The van der Waals surface area contributed by atoms with Crippen molar-refractivity contribution < 1.29 is 9.53 Å². The number of hydrogen-bond donors (Lipinski definition) is 0. The number of fused-ring (bicyclic) bond motifs is 2. The number of anilines is 1. The first-order valence-corrected chi connectivity index (χ1v) is 8.08. The minimum Gasteiger partial charge on any atom is -0.497 e. The molecule has 0 bridgehead atoms. The average Bonchev–Trinajstić information content (AvgIpc) is 3.01. The van der Waals surface area contributed by atoms with E-state index in [1.807, 2.05) is 30.3 Å². The van der Waals surface area contributed by atoms with Gasteiger partial charge in [-0.05, 0) is 54.4 Å². The van der Waals surface area contributed by atoms with Gasteiger partial charge in [0.1, 0.15) is 11.6 Å². The molecule has 0 unspecified atom stereocenters. The number of pyridine rings is 1. The van der Waals surface area contributed by atoms with Crippen molar-refractivity contribution in [2.75, 3.05) is 18.6 Å². The molecule has 120 valence electrons. The van der Waals surface area contributed by atoms with E-state index >= 15 is 0 Å². The van der Waals surface area contributed by atoms with Gasteiger partial charge in [0.2, 0.25) is 0 Å². The molecular formula is C19H15ClN2O2. The first-order chi connectivity index (χ1) is 11.7. The molecule has 0 radical (unpaired) electrons. The molecule has 1 aliphatic rings. The van der Waals surface area contributed by atoms with Crippen LogP contribution in [-0.4, -0.2) is 24.5 Å². The molecule has 0 spiro atoms. The summed E-state index contributed by atoms with van der Waals surface area (Å²) in [5.74, 6) is 1.34. The molecule has 0 N–H and O–H groups in total. The summed E-state index contributed by atoms with van der Waals surface area (Å²) in [5, 5.41) is 1.68. The summed E-state index contributed by atoms with van der Waals surface area (Å²) in [6.07, 6.45) is 0.792. The lowest BCUT2D eigenvalue weighted by atomic mass is 10.1. The number of rotatable bonds is 2. The first-order valence-electron chi connectivity index (χ1n) is 7.71. The highest BCUT2D eigenvalue weighted by atomic mass is 35.5. The summed E-state index contributed by atoms with van der Waals surface area (Å²) in [6.45, 7) is 0.627. The second-order valence-corrected chi connectivity index (χ2v) is 6.18. The molecule has 0 saturated heterocycles. The maximum Gasteiger partial charge on any atom is 0.259 e. The molecule has 4 nitrogen and oxygen atoms in total. The van der Waals surface area contributed by atoms with E-state index in [0.29, 0.717) is 22.9 Å². The molecule has 1 aromatic heterocycles. The van der Waals surface area contributed by atoms with E-state index in [9.17, 15) is 4.79 Å². The highest BCUT2D eigenvalue weighted by Gasteiger charge is 2.27. The normalized spacial score (nSPS) is 13.2. The van der Waals surface area contributed by atoms with Gasteiger partial charge in [-0.15, -0.1) is 0 Å². The molecule has 0 saturated carbocycles. The molecule has 24 heavy (non-hydrogen) atoms. The third kappa shape index (κ3) is 2.49. The fourth-order valence-corrected chi connectivity index (χ4v) is 3.23. The Labute approximate surface area is 144 Å². The molecule has 5 heteroatoms. The predicted molar refractivity (Wildman–Crippen MR) is 95.1 cm³/mol. The lowest BCUT2D eigenvalue weighted by molar-refractivity contribution is 0.0988. The van der Waals surface area contributed by atoms with Crippen LogP contribution in [-0.2, 0) is 6.42 Å². The van der Waals surface area contributed by atoms with Gasteiger partial charge in [-0.25, -0.2) is 4.98 Å². The van der Waals surface area contributed by atoms with Gasteiger partial charge >= 0.3 is 0 Å². The van der Waals surface area contributed by atoms with Crippen molar-refractivity contribution in [1.29, 1.82) is 0 Å². The van der Waals surface area contributed by atoms with Crippen molar-refractivity contribution in [2.45, 2.75) is 6.42 Å². The SMILES string of the molecule is COc1cccc(C(=O)N2CCc3cc4cc(Cl)ccc4nc32)c1. The predicted octanol–water partition coefficient (Wildman–Crippen LogP) is 4.10. The minimum atomic E-state index is -0.0616. The molecular weight excluding hydrogens is 324 g/mol. The highest BCUT2D eigenvalue weighted by Crippen LogP contribution is 2.31. The average molecular weight is 339 g/mol. The Hall–Kier alpha value is -2.59. The maximum atomic E-state index is 12.9. The zero-order valence-electron chi connectivity index (χ0n) is 13.1. The largest absolute Gasteiger partial charge is 0.497 e. The summed E-state index contributed by atoms with van der Waals surface area (Å²) >= 11 is 6.05. The summed E-state index contributed by atoms with van der Waals surface area (Å²) in [6, 6.07) is 14.9. The van der Waals surface area contributed by atoms with Crippen LogP contribution in [0.2, 0.25) is 5.02 Å². The van der Waals surface area contributed by atoms with Crippen LogP contribution in [0.1, 0.15) is 15.9 Å². The van der Waals surface area contributed by atoms with Crippen LogP contribution in [0, 0.1) is 0 Å². The summed E-state index contributed by atoms with van der Waals surface area (Å²) in [5.41, 5.74) is 2.50. The van der Waals surface area contributed by atoms with Crippen molar-refractivity contribution in [3.63, 3.8) is 0 Å². The van der Waals surface area contributed by atoms with Gasteiger partial charge in [0.25, 0.3) is 5.91 Å². The monoisotopic (exact) mass is 338 g/mol. The van der Waals surface area contributed by atoms with E-state index < -0.39 is 0 Å². The van der Waals surface area contributed by atoms with Gasteiger partial charge < -0.3 is 4.74 Å². The quantitative estimate of drug-likeness (QED) is 0.706. The van der Waals surface area contributed by atoms with Crippen LogP contribution in [0.3, 0.4) is 0 Å². The Kier molecular flexibility index (Phi) is 3.62. The Morgan fingerprint density at radius 2 is 2.08 bits per heavy atom. The lowest BCUT2D eigenvalue weighted by Gasteiger charge is -2.17. The number of carbonyl (C=O) groups is 1. The number of carbonyl (C=O) groups excluding carboxylic acids is 1. The van der Waals surface area contributed by atoms with E-state index in [-0.39, 0.29) is 5.91 Å². The van der Waals surface area contributed by atoms with Crippen molar-refractivity contribution in [3.8, 4) is 5.75 Å².